The third kappa shape index (κ3) is 5.09. The molecule has 0 bridgehead atoms. The molecule has 5 nitrogen and oxygen atoms in total. The van der Waals surface area contributed by atoms with Crippen molar-refractivity contribution in [1.82, 2.24) is 19.9 Å². The third-order valence-corrected chi connectivity index (χ3v) is 11.7. The van der Waals surface area contributed by atoms with Crippen LogP contribution in [0.15, 0.2) is 185 Å². The number of pyridine rings is 1. The number of fused-ring (bicyclic) bond motifs is 5. The van der Waals surface area contributed by atoms with Gasteiger partial charge < -0.3 is 4.42 Å². The van der Waals surface area contributed by atoms with Crippen LogP contribution in [0, 0.1) is 0 Å². The summed E-state index contributed by atoms with van der Waals surface area (Å²) < 4.78 is 6.30. The molecule has 0 N–H and O–H groups in total. The molecule has 3 aliphatic rings. The SMILES string of the molecule is C1=CC2=CCc3ccc(-c4nc(-c5ccccc5)nc(-c5ccc(-c6ccc(-c7nc8c9ccccc9oc8c8ccccc78)cc6)cc5)n4)c4c3C2C(=C1)C=C4. The highest BCUT2D eigenvalue weighted by atomic mass is 16.3. The van der Waals surface area contributed by atoms with Crippen LogP contribution in [0.25, 0.3) is 95.5 Å². The standard InChI is InChI=1S/C52H32N4O/c1-2-9-37(10-3-1)50-54-51(56-52(55-50)42-30-28-35-22-21-33-11-8-12-34-27-29-39(42)46(35)45(33)34)38-25-19-32(20-26-38)31-17-23-36(24-18-31)47-40-13-4-5-14-41(40)49-48(53-47)43-15-6-7-16-44(43)57-49/h1-21,23-30,45H,22H2. The van der Waals surface area contributed by atoms with Gasteiger partial charge in [0.15, 0.2) is 23.1 Å². The van der Waals surface area contributed by atoms with Gasteiger partial charge in [0.25, 0.3) is 0 Å². The van der Waals surface area contributed by atoms with Crippen LogP contribution in [-0.4, -0.2) is 19.9 Å². The molecule has 1 atom stereocenters. The molecule has 0 amide bonds. The summed E-state index contributed by atoms with van der Waals surface area (Å²) in [6.45, 7) is 0. The maximum absolute atomic E-state index is 6.30. The van der Waals surface area contributed by atoms with Gasteiger partial charge in [0.1, 0.15) is 11.1 Å². The maximum Gasteiger partial charge on any atom is 0.164 e. The zero-order chi connectivity index (χ0) is 37.5. The van der Waals surface area contributed by atoms with Gasteiger partial charge in [0.05, 0.1) is 5.69 Å². The van der Waals surface area contributed by atoms with Crippen LogP contribution >= 0.6 is 0 Å². The van der Waals surface area contributed by atoms with Crippen molar-refractivity contribution in [2.75, 3.05) is 0 Å². The second kappa shape index (κ2) is 12.5. The Balaban J connectivity index is 0.917. The molecule has 9 aromatic rings. The molecule has 266 valence electrons. The van der Waals surface area contributed by atoms with Gasteiger partial charge in [0, 0.05) is 44.3 Å². The fourth-order valence-corrected chi connectivity index (χ4v) is 8.89. The fourth-order valence-electron chi connectivity index (χ4n) is 8.89. The molecule has 0 fully saturated rings. The van der Waals surface area contributed by atoms with Crippen LogP contribution in [0.1, 0.15) is 22.6 Å². The molecule has 5 heteroatoms. The zero-order valence-electron chi connectivity index (χ0n) is 30.7. The monoisotopic (exact) mass is 728 g/mol. The van der Waals surface area contributed by atoms with E-state index in [1.807, 2.05) is 36.4 Å². The van der Waals surface area contributed by atoms with Gasteiger partial charge in [-0.15, -0.1) is 0 Å². The molecule has 57 heavy (non-hydrogen) atoms. The van der Waals surface area contributed by atoms with Crippen LogP contribution < -0.4 is 0 Å². The molecule has 0 aliphatic heterocycles. The summed E-state index contributed by atoms with van der Waals surface area (Å²) in [5, 5.41) is 3.15. The predicted molar refractivity (Wildman–Crippen MR) is 230 cm³/mol. The van der Waals surface area contributed by atoms with Crippen LogP contribution in [0.2, 0.25) is 0 Å². The second-order valence-electron chi connectivity index (χ2n) is 14.9. The van der Waals surface area contributed by atoms with Gasteiger partial charge in [-0.2, -0.15) is 0 Å². The normalized spacial score (nSPS) is 15.2. The van der Waals surface area contributed by atoms with E-state index in [0.29, 0.717) is 17.5 Å². The number of furan rings is 1. The molecule has 0 spiro atoms. The van der Waals surface area contributed by atoms with Crippen LogP contribution in [-0.2, 0) is 6.42 Å². The Morgan fingerprint density at radius 2 is 1.14 bits per heavy atom. The van der Waals surface area contributed by atoms with E-state index >= 15 is 0 Å². The van der Waals surface area contributed by atoms with E-state index in [4.69, 9.17) is 24.4 Å². The minimum absolute atomic E-state index is 0.256. The summed E-state index contributed by atoms with van der Waals surface area (Å²) in [6.07, 6.45) is 14.5. The van der Waals surface area contributed by atoms with Crippen molar-refractivity contribution in [2.45, 2.75) is 12.3 Å². The Hall–Kier alpha value is -7.50. The summed E-state index contributed by atoms with van der Waals surface area (Å²) in [5.41, 5.74) is 16.3. The summed E-state index contributed by atoms with van der Waals surface area (Å²) in [4.78, 5) is 20.5. The third-order valence-electron chi connectivity index (χ3n) is 11.7. The second-order valence-corrected chi connectivity index (χ2v) is 14.9. The van der Waals surface area contributed by atoms with Crippen molar-refractivity contribution in [3.05, 3.63) is 198 Å². The topological polar surface area (TPSA) is 64.7 Å². The Bertz CT molecular complexity index is 3240. The van der Waals surface area contributed by atoms with Crippen molar-refractivity contribution < 1.29 is 4.42 Å². The number of hydrogen-bond donors (Lipinski definition) is 0. The zero-order valence-corrected chi connectivity index (χ0v) is 30.7. The summed E-state index contributed by atoms with van der Waals surface area (Å²) >= 11 is 0. The molecule has 1 unspecified atom stereocenters. The number of aromatic nitrogens is 4. The summed E-state index contributed by atoms with van der Waals surface area (Å²) in [5.74, 6) is 2.24. The molecule has 3 aliphatic carbocycles. The van der Waals surface area contributed by atoms with Gasteiger partial charge >= 0.3 is 0 Å². The average molecular weight is 729 g/mol. The van der Waals surface area contributed by atoms with Gasteiger partial charge in [-0.1, -0.05) is 164 Å². The minimum Gasteiger partial charge on any atom is -0.454 e. The molecular weight excluding hydrogens is 697 g/mol. The fraction of sp³-hybridized carbons (Fsp3) is 0.0385. The molecule has 6 aromatic carbocycles. The smallest absolute Gasteiger partial charge is 0.164 e. The van der Waals surface area contributed by atoms with Gasteiger partial charge in [-0.05, 0) is 57.5 Å². The van der Waals surface area contributed by atoms with Crippen molar-refractivity contribution >= 4 is 38.9 Å². The molecule has 3 aromatic heterocycles. The Morgan fingerprint density at radius 1 is 0.491 bits per heavy atom. The van der Waals surface area contributed by atoms with E-state index in [1.165, 1.54) is 27.8 Å². The van der Waals surface area contributed by atoms with Crippen LogP contribution in [0.4, 0.5) is 0 Å². The number of benzene rings is 6. The lowest BCUT2D eigenvalue weighted by atomic mass is 9.70. The first-order valence-corrected chi connectivity index (χ1v) is 19.4. The van der Waals surface area contributed by atoms with Crippen molar-refractivity contribution in [3.8, 4) is 56.5 Å². The Labute approximate surface area is 328 Å². The number of hydrogen-bond acceptors (Lipinski definition) is 5. The Kier molecular flexibility index (Phi) is 6.99. The van der Waals surface area contributed by atoms with E-state index in [-0.39, 0.29) is 5.92 Å². The Morgan fingerprint density at radius 3 is 1.93 bits per heavy atom. The summed E-state index contributed by atoms with van der Waals surface area (Å²) in [7, 11) is 0. The van der Waals surface area contributed by atoms with E-state index in [0.717, 1.165) is 78.3 Å². The van der Waals surface area contributed by atoms with E-state index < -0.39 is 0 Å². The molecule has 0 saturated carbocycles. The first-order valence-electron chi connectivity index (χ1n) is 19.4. The number of allylic oxidation sites excluding steroid dienone is 7. The quantitative estimate of drug-likeness (QED) is 0.177. The highest BCUT2D eigenvalue weighted by Gasteiger charge is 2.32. The largest absolute Gasteiger partial charge is 0.454 e. The first-order chi connectivity index (χ1) is 28.2. The van der Waals surface area contributed by atoms with Gasteiger partial charge in [-0.3, -0.25) is 0 Å². The predicted octanol–water partition coefficient (Wildman–Crippen LogP) is 12.7. The van der Waals surface area contributed by atoms with Crippen LogP contribution in [0.3, 0.4) is 0 Å². The molecule has 12 rings (SSSR count). The molecule has 0 radical (unpaired) electrons. The van der Waals surface area contributed by atoms with Crippen molar-refractivity contribution in [1.29, 1.82) is 0 Å². The van der Waals surface area contributed by atoms with Crippen molar-refractivity contribution in [2.24, 2.45) is 0 Å². The maximum atomic E-state index is 6.30. The van der Waals surface area contributed by atoms with Gasteiger partial charge in [-0.25, -0.2) is 19.9 Å². The first kappa shape index (κ1) is 31.8. The van der Waals surface area contributed by atoms with E-state index in [9.17, 15) is 0 Å². The van der Waals surface area contributed by atoms with E-state index in [2.05, 4.69) is 140 Å². The number of nitrogens with zero attached hydrogens (tertiary/aromatic N) is 4. The minimum atomic E-state index is 0.256. The number of para-hydroxylation sites is 1. The lowest BCUT2D eigenvalue weighted by Crippen LogP contribution is -2.18. The highest BCUT2D eigenvalue weighted by molar-refractivity contribution is 6.16. The van der Waals surface area contributed by atoms with Gasteiger partial charge in [0.2, 0.25) is 0 Å². The lowest BCUT2D eigenvalue weighted by Gasteiger charge is -2.33. The van der Waals surface area contributed by atoms with Crippen LogP contribution in [0.5, 0.6) is 0 Å². The number of rotatable bonds is 5. The van der Waals surface area contributed by atoms with E-state index in [1.54, 1.807) is 0 Å². The molecular formula is C52H32N4O. The van der Waals surface area contributed by atoms with Crippen molar-refractivity contribution in [3.63, 3.8) is 0 Å². The lowest BCUT2D eigenvalue weighted by molar-refractivity contribution is 0.672. The molecule has 0 saturated heterocycles. The summed E-state index contributed by atoms with van der Waals surface area (Å²) in [6, 6.07) is 48.3. The highest BCUT2D eigenvalue weighted by Crippen LogP contribution is 2.48. The average Bonchev–Trinajstić information content (AvgIpc) is 3.67. The molecule has 3 heterocycles.